The van der Waals surface area contributed by atoms with Gasteiger partial charge in [0.2, 0.25) is 0 Å². The third kappa shape index (κ3) is 3.48. The van der Waals surface area contributed by atoms with Crippen LogP contribution < -0.4 is 0 Å². The van der Waals surface area contributed by atoms with Crippen molar-refractivity contribution in [3.63, 3.8) is 0 Å². The molecule has 0 radical (unpaired) electrons. The van der Waals surface area contributed by atoms with Crippen LogP contribution in [0.5, 0.6) is 0 Å². The number of carbonyl (C=O) groups excluding carboxylic acids is 1. The van der Waals surface area contributed by atoms with Crippen molar-refractivity contribution < 1.29 is 4.79 Å². The monoisotopic (exact) mass is 347 g/mol. The van der Waals surface area contributed by atoms with Gasteiger partial charge in [-0.2, -0.15) is 0 Å². The molecular formula is C24H29NO. The number of hydrogen-bond acceptors (Lipinski definition) is 2. The molecule has 2 aromatic rings. The molecule has 2 atom stereocenters. The van der Waals surface area contributed by atoms with E-state index >= 15 is 0 Å². The average molecular weight is 348 g/mol. The van der Waals surface area contributed by atoms with Gasteiger partial charge < -0.3 is 0 Å². The number of hydrogen-bond donors (Lipinski definition) is 0. The SMILES string of the molecule is Cc1ccc(C(=O)C2CC3CCCC(C2)N3Cc2ccccc2)cc1C. The summed E-state index contributed by atoms with van der Waals surface area (Å²) in [6.45, 7) is 5.24. The average Bonchev–Trinajstić information content (AvgIpc) is 2.64. The van der Waals surface area contributed by atoms with Gasteiger partial charge in [0.25, 0.3) is 0 Å². The Balaban J connectivity index is 1.50. The van der Waals surface area contributed by atoms with E-state index in [4.69, 9.17) is 0 Å². The van der Waals surface area contributed by atoms with E-state index < -0.39 is 0 Å². The molecule has 4 rings (SSSR count). The zero-order valence-corrected chi connectivity index (χ0v) is 15.9. The fourth-order valence-corrected chi connectivity index (χ4v) is 4.88. The van der Waals surface area contributed by atoms with Crippen molar-refractivity contribution in [3.8, 4) is 0 Å². The first-order chi connectivity index (χ1) is 12.6. The topological polar surface area (TPSA) is 20.3 Å². The number of rotatable bonds is 4. The van der Waals surface area contributed by atoms with E-state index in [1.165, 1.54) is 36.0 Å². The molecule has 0 spiro atoms. The normalized spacial score (nSPS) is 25.8. The lowest BCUT2D eigenvalue weighted by atomic mass is 9.75. The Bertz CT molecular complexity index is 768. The molecular weight excluding hydrogens is 318 g/mol. The molecule has 2 heteroatoms. The highest BCUT2D eigenvalue weighted by atomic mass is 16.1. The van der Waals surface area contributed by atoms with Crippen LogP contribution in [0.1, 0.15) is 59.2 Å². The molecule has 0 aliphatic carbocycles. The molecule has 0 amide bonds. The van der Waals surface area contributed by atoms with Crippen LogP contribution in [0.25, 0.3) is 0 Å². The molecule has 0 N–H and O–H groups in total. The minimum atomic E-state index is 0.194. The highest BCUT2D eigenvalue weighted by molar-refractivity contribution is 5.98. The van der Waals surface area contributed by atoms with Crippen molar-refractivity contribution in [3.05, 3.63) is 70.8 Å². The minimum absolute atomic E-state index is 0.194. The Morgan fingerprint density at radius 1 is 0.962 bits per heavy atom. The Kier molecular flexibility index (Phi) is 4.95. The molecule has 2 nitrogen and oxygen atoms in total. The van der Waals surface area contributed by atoms with E-state index in [0.29, 0.717) is 17.9 Å². The van der Waals surface area contributed by atoms with Gasteiger partial charge in [-0.1, -0.05) is 48.9 Å². The zero-order valence-electron chi connectivity index (χ0n) is 15.9. The van der Waals surface area contributed by atoms with Gasteiger partial charge in [-0.3, -0.25) is 9.69 Å². The summed E-state index contributed by atoms with van der Waals surface area (Å²) < 4.78 is 0. The highest BCUT2D eigenvalue weighted by Gasteiger charge is 2.40. The quantitative estimate of drug-likeness (QED) is 0.698. The second-order valence-electron chi connectivity index (χ2n) is 8.23. The van der Waals surface area contributed by atoms with Crippen molar-refractivity contribution in [1.29, 1.82) is 0 Å². The summed E-state index contributed by atoms with van der Waals surface area (Å²) in [5, 5.41) is 0. The van der Waals surface area contributed by atoms with Gasteiger partial charge in [0.1, 0.15) is 0 Å². The van der Waals surface area contributed by atoms with E-state index in [2.05, 4.69) is 61.2 Å². The standard InChI is InChI=1S/C24H29NO/c1-17-11-12-20(13-18(17)2)24(26)21-14-22-9-6-10-23(15-21)25(22)16-19-7-4-3-5-8-19/h3-5,7-8,11-13,21-23H,6,9-10,14-16H2,1-2H3. The highest BCUT2D eigenvalue weighted by Crippen LogP contribution is 2.39. The summed E-state index contributed by atoms with van der Waals surface area (Å²) in [7, 11) is 0. The van der Waals surface area contributed by atoms with Crippen LogP contribution in [-0.4, -0.2) is 22.8 Å². The molecule has 2 aliphatic heterocycles. The van der Waals surface area contributed by atoms with Crippen molar-refractivity contribution in [2.45, 2.75) is 64.6 Å². The molecule has 0 aromatic heterocycles. The number of fused-ring (bicyclic) bond motifs is 2. The molecule has 2 unspecified atom stereocenters. The number of benzene rings is 2. The Morgan fingerprint density at radius 3 is 2.31 bits per heavy atom. The molecule has 2 bridgehead atoms. The summed E-state index contributed by atoms with van der Waals surface area (Å²) in [5.41, 5.74) is 4.78. The molecule has 136 valence electrons. The minimum Gasteiger partial charge on any atom is -0.294 e. The Morgan fingerprint density at radius 2 is 1.65 bits per heavy atom. The number of nitrogens with zero attached hydrogens (tertiary/aromatic N) is 1. The summed E-state index contributed by atoms with van der Waals surface area (Å²) in [6.07, 6.45) is 5.83. The van der Waals surface area contributed by atoms with E-state index in [1.54, 1.807) is 0 Å². The van der Waals surface area contributed by atoms with Crippen molar-refractivity contribution in [1.82, 2.24) is 4.90 Å². The summed E-state index contributed by atoms with van der Waals surface area (Å²) in [6, 6.07) is 18.1. The molecule has 2 saturated heterocycles. The van der Waals surface area contributed by atoms with E-state index in [1.807, 2.05) is 6.07 Å². The van der Waals surface area contributed by atoms with Gasteiger partial charge in [-0.15, -0.1) is 0 Å². The van der Waals surface area contributed by atoms with Crippen molar-refractivity contribution in [2.24, 2.45) is 5.92 Å². The van der Waals surface area contributed by atoms with Gasteiger partial charge in [-0.25, -0.2) is 0 Å². The second-order valence-corrected chi connectivity index (χ2v) is 8.23. The predicted octanol–water partition coefficient (Wildman–Crippen LogP) is 5.32. The fraction of sp³-hybridized carbons (Fsp3) is 0.458. The van der Waals surface area contributed by atoms with Crippen LogP contribution in [-0.2, 0) is 6.54 Å². The van der Waals surface area contributed by atoms with E-state index in [-0.39, 0.29) is 5.92 Å². The third-order valence-electron chi connectivity index (χ3n) is 6.50. The first-order valence-corrected chi connectivity index (χ1v) is 10.0. The largest absolute Gasteiger partial charge is 0.294 e. The molecule has 2 fully saturated rings. The molecule has 2 heterocycles. The Hall–Kier alpha value is -1.93. The molecule has 0 saturated carbocycles. The predicted molar refractivity (Wildman–Crippen MR) is 106 cm³/mol. The van der Waals surface area contributed by atoms with E-state index in [9.17, 15) is 4.79 Å². The lowest BCUT2D eigenvalue weighted by Gasteiger charge is -2.48. The summed E-state index contributed by atoms with van der Waals surface area (Å²) >= 11 is 0. The number of Topliss-reactive ketones (excluding diaryl/α,β-unsaturated/α-hetero) is 1. The van der Waals surface area contributed by atoms with Crippen LogP contribution in [0.2, 0.25) is 0 Å². The number of ketones is 1. The smallest absolute Gasteiger partial charge is 0.166 e. The van der Waals surface area contributed by atoms with Crippen LogP contribution in [0.4, 0.5) is 0 Å². The maximum atomic E-state index is 13.1. The molecule has 26 heavy (non-hydrogen) atoms. The number of aryl methyl sites for hydroxylation is 2. The van der Waals surface area contributed by atoms with Crippen molar-refractivity contribution in [2.75, 3.05) is 0 Å². The van der Waals surface area contributed by atoms with Crippen LogP contribution in [0.15, 0.2) is 48.5 Å². The maximum Gasteiger partial charge on any atom is 0.166 e. The molecule has 2 aliphatic rings. The maximum absolute atomic E-state index is 13.1. The first-order valence-electron chi connectivity index (χ1n) is 10.0. The lowest BCUT2D eigenvalue weighted by molar-refractivity contribution is 0.00906. The zero-order chi connectivity index (χ0) is 18.1. The van der Waals surface area contributed by atoms with Crippen LogP contribution >= 0.6 is 0 Å². The van der Waals surface area contributed by atoms with Gasteiger partial charge >= 0.3 is 0 Å². The van der Waals surface area contributed by atoms with Crippen LogP contribution in [0, 0.1) is 19.8 Å². The fourth-order valence-electron chi connectivity index (χ4n) is 4.88. The van der Waals surface area contributed by atoms with Crippen LogP contribution in [0.3, 0.4) is 0 Å². The van der Waals surface area contributed by atoms with Gasteiger partial charge in [-0.05, 0) is 62.3 Å². The molecule has 2 aromatic carbocycles. The Labute approximate surface area is 157 Å². The first kappa shape index (κ1) is 17.5. The van der Waals surface area contributed by atoms with E-state index in [0.717, 1.165) is 24.9 Å². The second kappa shape index (κ2) is 7.36. The summed E-state index contributed by atoms with van der Waals surface area (Å²) in [5.74, 6) is 0.559. The lowest BCUT2D eigenvalue weighted by Crippen LogP contribution is -2.52. The van der Waals surface area contributed by atoms with Crippen molar-refractivity contribution >= 4 is 5.78 Å². The van der Waals surface area contributed by atoms with Gasteiger partial charge in [0.15, 0.2) is 5.78 Å². The summed E-state index contributed by atoms with van der Waals surface area (Å²) in [4.78, 5) is 15.8. The van der Waals surface area contributed by atoms with Gasteiger partial charge in [0.05, 0.1) is 0 Å². The number of piperidine rings is 2. The van der Waals surface area contributed by atoms with Gasteiger partial charge in [0, 0.05) is 30.1 Å². The number of carbonyl (C=O) groups is 1. The third-order valence-corrected chi connectivity index (χ3v) is 6.50.